The van der Waals surface area contributed by atoms with Gasteiger partial charge >= 0.3 is 0 Å². The molecule has 0 amide bonds. The van der Waals surface area contributed by atoms with Gasteiger partial charge in [0.05, 0.1) is 7.11 Å². The predicted octanol–water partition coefficient (Wildman–Crippen LogP) is 3.18. The number of methoxy groups -OCH3 is 1. The summed E-state index contributed by atoms with van der Waals surface area (Å²) in [7, 11) is 1.69. The van der Waals surface area contributed by atoms with Crippen LogP contribution in [0, 0.1) is 0 Å². The number of benzene rings is 2. The van der Waals surface area contributed by atoms with Gasteiger partial charge in [-0.15, -0.1) is 0 Å². The highest BCUT2D eigenvalue weighted by Gasteiger charge is 2.08. The topological polar surface area (TPSA) is 38.5 Å². The highest BCUT2D eigenvalue weighted by molar-refractivity contribution is 5.28. The lowest BCUT2D eigenvalue weighted by molar-refractivity contribution is 0.270. The van der Waals surface area contributed by atoms with E-state index in [0.29, 0.717) is 6.54 Å². The molecule has 0 bridgehead atoms. The fourth-order valence-corrected chi connectivity index (χ4v) is 2.42. The Hall–Kier alpha value is -1.84. The summed E-state index contributed by atoms with van der Waals surface area (Å²) in [5.41, 5.74) is 9.66. The molecule has 0 spiro atoms. The van der Waals surface area contributed by atoms with E-state index in [1.54, 1.807) is 7.11 Å². The summed E-state index contributed by atoms with van der Waals surface area (Å²) >= 11 is 0. The first kappa shape index (κ1) is 15.5. The molecule has 2 aromatic rings. The molecule has 21 heavy (non-hydrogen) atoms. The van der Waals surface area contributed by atoms with Crippen molar-refractivity contribution < 1.29 is 4.74 Å². The zero-order valence-corrected chi connectivity index (χ0v) is 12.9. The molecule has 0 saturated carbocycles. The summed E-state index contributed by atoms with van der Waals surface area (Å²) in [4.78, 5) is 2.41. The van der Waals surface area contributed by atoms with Crippen molar-refractivity contribution in [2.75, 3.05) is 13.7 Å². The van der Waals surface area contributed by atoms with Crippen molar-refractivity contribution in [3.8, 4) is 5.75 Å². The van der Waals surface area contributed by atoms with E-state index in [0.717, 1.165) is 25.4 Å². The molecule has 112 valence electrons. The van der Waals surface area contributed by atoms with E-state index >= 15 is 0 Å². The maximum absolute atomic E-state index is 5.82. The standard InChI is InChI=1S/C18H24N2O/c1-3-20(13-15-8-10-18(21-2)11-9-15)14-17-7-5-4-6-16(17)12-19/h4-11H,3,12-14,19H2,1-2H3. The summed E-state index contributed by atoms with van der Waals surface area (Å²) < 4.78 is 5.20. The summed E-state index contributed by atoms with van der Waals surface area (Å²) in [6, 6.07) is 16.7. The number of nitrogens with zero attached hydrogens (tertiary/aromatic N) is 1. The van der Waals surface area contributed by atoms with Crippen LogP contribution >= 0.6 is 0 Å². The Balaban J connectivity index is 2.05. The van der Waals surface area contributed by atoms with E-state index in [1.807, 2.05) is 18.2 Å². The Bertz CT molecular complexity index is 551. The van der Waals surface area contributed by atoms with Crippen LogP contribution in [0.5, 0.6) is 5.75 Å². The Labute approximate surface area is 127 Å². The van der Waals surface area contributed by atoms with E-state index < -0.39 is 0 Å². The van der Waals surface area contributed by atoms with Crippen molar-refractivity contribution in [2.24, 2.45) is 5.73 Å². The largest absolute Gasteiger partial charge is 0.497 e. The van der Waals surface area contributed by atoms with Gasteiger partial charge in [0.15, 0.2) is 0 Å². The van der Waals surface area contributed by atoms with Crippen LogP contribution in [-0.4, -0.2) is 18.6 Å². The SMILES string of the molecule is CCN(Cc1ccc(OC)cc1)Cc1ccccc1CN. The molecule has 2 rings (SSSR count). The van der Waals surface area contributed by atoms with Crippen LogP contribution in [0.1, 0.15) is 23.6 Å². The number of nitrogens with two attached hydrogens (primary N) is 1. The number of ether oxygens (including phenoxy) is 1. The molecule has 0 aliphatic heterocycles. The Morgan fingerprint density at radius 3 is 2.19 bits per heavy atom. The van der Waals surface area contributed by atoms with Crippen molar-refractivity contribution >= 4 is 0 Å². The quantitative estimate of drug-likeness (QED) is 0.848. The van der Waals surface area contributed by atoms with Crippen LogP contribution in [0.2, 0.25) is 0 Å². The minimum atomic E-state index is 0.594. The maximum atomic E-state index is 5.82. The van der Waals surface area contributed by atoms with Crippen LogP contribution in [-0.2, 0) is 19.6 Å². The Morgan fingerprint density at radius 2 is 1.62 bits per heavy atom. The Morgan fingerprint density at radius 1 is 0.952 bits per heavy atom. The van der Waals surface area contributed by atoms with E-state index in [2.05, 4.69) is 42.2 Å². The van der Waals surface area contributed by atoms with Crippen LogP contribution in [0.3, 0.4) is 0 Å². The second-order valence-electron chi connectivity index (χ2n) is 5.12. The third-order valence-electron chi connectivity index (χ3n) is 3.74. The Kier molecular flexibility index (Phi) is 5.78. The van der Waals surface area contributed by atoms with Crippen molar-refractivity contribution in [3.63, 3.8) is 0 Å². The van der Waals surface area contributed by atoms with Crippen LogP contribution < -0.4 is 10.5 Å². The minimum absolute atomic E-state index is 0.594. The van der Waals surface area contributed by atoms with Gasteiger partial charge in [-0.2, -0.15) is 0 Å². The second-order valence-corrected chi connectivity index (χ2v) is 5.12. The zero-order chi connectivity index (χ0) is 15.1. The third-order valence-corrected chi connectivity index (χ3v) is 3.74. The smallest absolute Gasteiger partial charge is 0.118 e. The zero-order valence-electron chi connectivity index (χ0n) is 12.9. The molecule has 3 heteroatoms. The second kappa shape index (κ2) is 7.81. The molecule has 2 N–H and O–H groups in total. The normalized spacial score (nSPS) is 10.9. The van der Waals surface area contributed by atoms with E-state index in [1.165, 1.54) is 16.7 Å². The molecule has 0 unspecified atom stereocenters. The highest BCUT2D eigenvalue weighted by Crippen LogP contribution is 2.16. The van der Waals surface area contributed by atoms with Gasteiger partial charge in [0.2, 0.25) is 0 Å². The molecule has 0 aliphatic carbocycles. The van der Waals surface area contributed by atoms with Gasteiger partial charge in [-0.1, -0.05) is 43.3 Å². The minimum Gasteiger partial charge on any atom is -0.497 e. The fraction of sp³-hybridized carbons (Fsp3) is 0.333. The van der Waals surface area contributed by atoms with E-state index in [-0.39, 0.29) is 0 Å². The molecule has 0 saturated heterocycles. The number of hydrogen-bond donors (Lipinski definition) is 1. The predicted molar refractivity (Wildman–Crippen MR) is 87.1 cm³/mol. The van der Waals surface area contributed by atoms with Gasteiger partial charge in [-0.05, 0) is 35.4 Å². The molecule has 0 aliphatic rings. The van der Waals surface area contributed by atoms with Gasteiger partial charge in [0, 0.05) is 19.6 Å². The van der Waals surface area contributed by atoms with Crippen molar-refractivity contribution in [3.05, 3.63) is 65.2 Å². The molecule has 0 aromatic heterocycles. The lowest BCUT2D eigenvalue weighted by Gasteiger charge is -2.22. The summed E-state index contributed by atoms with van der Waals surface area (Å²) in [5, 5.41) is 0. The van der Waals surface area contributed by atoms with E-state index in [9.17, 15) is 0 Å². The lowest BCUT2D eigenvalue weighted by atomic mass is 10.1. The third kappa shape index (κ3) is 4.31. The van der Waals surface area contributed by atoms with Crippen molar-refractivity contribution in [1.29, 1.82) is 0 Å². The number of hydrogen-bond acceptors (Lipinski definition) is 3. The molecule has 3 nitrogen and oxygen atoms in total. The first-order valence-electron chi connectivity index (χ1n) is 7.39. The molecular formula is C18H24N2O. The van der Waals surface area contributed by atoms with Gasteiger partial charge in [-0.25, -0.2) is 0 Å². The van der Waals surface area contributed by atoms with Gasteiger partial charge < -0.3 is 10.5 Å². The molecule has 0 radical (unpaired) electrons. The van der Waals surface area contributed by atoms with Crippen molar-refractivity contribution in [2.45, 2.75) is 26.6 Å². The van der Waals surface area contributed by atoms with E-state index in [4.69, 9.17) is 10.5 Å². The van der Waals surface area contributed by atoms with Gasteiger partial charge in [-0.3, -0.25) is 4.90 Å². The first-order chi connectivity index (χ1) is 10.3. The molecule has 0 atom stereocenters. The lowest BCUT2D eigenvalue weighted by Crippen LogP contribution is -2.23. The van der Waals surface area contributed by atoms with Crippen LogP contribution in [0.4, 0.5) is 0 Å². The molecule has 0 heterocycles. The maximum Gasteiger partial charge on any atom is 0.118 e. The van der Waals surface area contributed by atoms with Gasteiger partial charge in [0.25, 0.3) is 0 Å². The fourth-order valence-electron chi connectivity index (χ4n) is 2.42. The summed E-state index contributed by atoms with van der Waals surface area (Å²) in [6.07, 6.45) is 0. The first-order valence-corrected chi connectivity index (χ1v) is 7.39. The van der Waals surface area contributed by atoms with Gasteiger partial charge in [0.1, 0.15) is 5.75 Å². The highest BCUT2D eigenvalue weighted by atomic mass is 16.5. The summed E-state index contributed by atoms with van der Waals surface area (Å²) in [6.45, 7) is 5.64. The molecular weight excluding hydrogens is 260 g/mol. The number of rotatable bonds is 7. The monoisotopic (exact) mass is 284 g/mol. The summed E-state index contributed by atoms with van der Waals surface area (Å²) in [5.74, 6) is 0.898. The van der Waals surface area contributed by atoms with Crippen LogP contribution in [0.15, 0.2) is 48.5 Å². The van der Waals surface area contributed by atoms with Crippen molar-refractivity contribution in [1.82, 2.24) is 4.90 Å². The average Bonchev–Trinajstić information content (AvgIpc) is 2.55. The average molecular weight is 284 g/mol. The molecule has 2 aromatic carbocycles. The van der Waals surface area contributed by atoms with Crippen LogP contribution in [0.25, 0.3) is 0 Å². The molecule has 0 fully saturated rings.